The maximum Gasteiger partial charge on any atom is 0.335 e. The molecule has 2 heteroatoms. The summed E-state index contributed by atoms with van der Waals surface area (Å²) in [5.74, 6) is 0. The van der Waals surface area contributed by atoms with Gasteiger partial charge in [0.05, 0.1) is 11.6 Å². The van der Waals surface area contributed by atoms with Gasteiger partial charge in [-0.2, -0.15) is 0 Å². The van der Waals surface area contributed by atoms with E-state index >= 15 is 0 Å². The lowest BCUT2D eigenvalue weighted by atomic mass is 10.1. The lowest BCUT2D eigenvalue weighted by Gasteiger charge is -1.98. The summed E-state index contributed by atoms with van der Waals surface area (Å²) in [6.45, 7) is 2.09. The summed E-state index contributed by atoms with van der Waals surface area (Å²) >= 11 is 0. The molecule has 2 nitrogen and oxygen atoms in total. The molecule has 0 aliphatic rings. The Labute approximate surface area is 87.8 Å². The molecule has 15 heavy (non-hydrogen) atoms. The molecule has 0 saturated heterocycles. The molecule has 0 atom stereocenters. The maximum atomic E-state index is 4.43. The van der Waals surface area contributed by atoms with Crippen molar-refractivity contribution >= 4 is 16.4 Å². The summed E-state index contributed by atoms with van der Waals surface area (Å²) in [5, 5.41) is 2.43. The van der Waals surface area contributed by atoms with Crippen LogP contribution in [-0.4, -0.2) is 4.98 Å². The van der Waals surface area contributed by atoms with Gasteiger partial charge in [0.25, 0.3) is 0 Å². The molecule has 0 N–H and O–H groups in total. The molecule has 0 aliphatic heterocycles. The molecule has 0 aliphatic carbocycles. The number of nitrogens with zero attached hydrogens (tertiary/aromatic N) is 2. The van der Waals surface area contributed by atoms with Crippen LogP contribution < -0.4 is 4.40 Å². The average molecular weight is 195 g/mol. The van der Waals surface area contributed by atoms with Gasteiger partial charge in [-0.1, -0.05) is 18.2 Å². The van der Waals surface area contributed by atoms with E-state index in [1.165, 1.54) is 16.5 Å². The normalized spacial score (nSPS) is 11.0. The largest absolute Gasteiger partial charge is 0.335 e. The predicted molar refractivity (Wildman–Crippen MR) is 59.6 cm³/mol. The van der Waals surface area contributed by atoms with Gasteiger partial charge in [-0.25, -0.2) is 4.40 Å². The van der Waals surface area contributed by atoms with Crippen LogP contribution in [0.25, 0.3) is 16.4 Å². The molecular weight excluding hydrogens is 184 g/mol. The van der Waals surface area contributed by atoms with Gasteiger partial charge < -0.3 is 0 Å². The van der Waals surface area contributed by atoms with Crippen LogP contribution >= 0.6 is 0 Å². The van der Waals surface area contributed by atoms with Crippen molar-refractivity contribution in [1.29, 1.82) is 0 Å². The van der Waals surface area contributed by atoms with Gasteiger partial charge in [0.1, 0.15) is 11.9 Å². The third-order valence-corrected chi connectivity index (χ3v) is 2.73. The van der Waals surface area contributed by atoms with Gasteiger partial charge in [-0.15, -0.1) is 0 Å². The van der Waals surface area contributed by atoms with Gasteiger partial charge in [-0.3, -0.25) is 0 Å². The number of rotatable bonds is 0. The van der Waals surface area contributed by atoms with Crippen molar-refractivity contribution in [3.63, 3.8) is 0 Å². The number of benzene rings is 1. The fraction of sp³-hybridized carbons (Fsp3) is 0.0769. The predicted octanol–water partition coefficient (Wildman–Crippen LogP) is 2.28. The second-order valence-corrected chi connectivity index (χ2v) is 3.68. The minimum atomic E-state index is 1.02. The minimum Gasteiger partial charge on any atom is -0.200 e. The van der Waals surface area contributed by atoms with Crippen molar-refractivity contribution in [3.8, 4) is 0 Å². The van der Waals surface area contributed by atoms with Crippen LogP contribution in [0.4, 0.5) is 0 Å². The molecule has 0 spiro atoms. The molecule has 2 aromatic heterocycles. The highest BCUT2D eigenvalue weighted by molar-refractivity contribution is 5.91. The van der Waals surface area contributed by atoms with Crippen molar-refractivity contribution in [3.05, 3.63) is 54.5 Å². The zero-order valence-electron chi connectivity index (χ0n) is 8.51. The highest BCUT2D eigenvalue weighted by Gasteiger charge is 2.09. The van der Waals surface area contributed by atoms with E-state index < -0.39 is 0 Å². The smallest absolute Gasteiger partial charge is 0.200 e. The number of pyridine rings is 1. The molecule has 0 bridgehead atoms. The monoisotopic (exact) mass is 195 g/mol. The molecular formula is C13H11N2+. The van der Waals surface area contributed by atoms with Gasteiger partial charge in [0.15, 0.2) is 0 Å². The average Bonchev–Trinajstić information content (AvgIpc) is 2.29. The summed E-state index contributed by atoms with van der Waals surface area (Å²) in [4.78, 5) is 4.43. The molecule has 0 amide bonds. The summed E-state index contributed by atoms with van der Waals surface area (Å²) in [5.41, 5.74) is 2.22. The molecule has 2 heterocycles. The fourth-order valence-corrected chi connectivity index (χ4v) is 1.91. The molecule has 0 radical (unpaired) electrons. The van der Waals surface area contributed by atoms with E-state index in [4.69, 9.17) is 0 Å². The van der Waals surface area contributed by atoms with Crippen LogP contribution in [0.5, 0.6) is 0 Å². The van der Waals surface area contributed by atoms with E-state index in [-0.39, 0.29) is 0 Å². The van der Waals surface area contributed by atoms with Crippen molar-refractivity contribution in [1.82, 2.24) is 4.98 Å². The fourth-order valence-electron chi connectivity index (χ4n) is 1.91. The molecule has 0 fully saturated rings. The minimum absolute atomic E-state index is 1.02. The Kier molecular flexibility index (Phi) is 1.68. The summed E-state index contributed by atoms with van der Waals surface area (Å²) < 4.78 is 2.11. The van der Waals surface area contributed by atoms with Crippen LogP contribution in [-0.2, 0) is 0 Å². The quantitative estimate of drug-likeness (QED) is 0.397. The molecule has 3 rings (SSSR count). The summed E-state index contributed by atoms with van der Waals surface area (Å²) in [6, 6.07) is 12.5. The molecule has 72 valence electrons. The third-order valence-electron chi connectivity index (χ3n) is 2.73. The van der Waals surface area contributed by atoms with E-state index in [2.05, 4.69) is 46.8 Å². The number of aromatic nitrogens is 2. The maximum absolute atomic E-state index is 4.43. The number of hydrogen-bond acceptors (Lipinski definition) is 1. The van der Waals surface area contributed by atoms with Crippen molar-refractivity contribution in [2.75, 3.05) is 0 Å². The topological polar surface area (TPSA) is 17.0 Å². The zero-order valence-corrected chi connectivity index (χ0v) is 8.51. The lowest BCUT2D eigenvalue weighted by Crippen LogP contribution is -2.26. The van der Waals surface area contributed by atoms with E-state index in [9.17, 15) is 0 Å². The summed E-state index contributed by atoms with van der Waals surface area (Å²) in [6.07, 6.45) is 3.93. The highest BCUT2D eigenvalue weighted by atomic mass is 15.0. The Balaban J connectivity index is 2.60. The zero-order chi connectivity index (χ0) is 10.3. The first-order valence-corrected chi connectivity index (χ1v) is 5.01. The van der Waals surface area contributed by atoms with Crippen molar-refractivity contribution in [2.45, 2.75) is 6.92 Å². The molecule has 1 aromatic carbocycles. The first-order chi connectivity index (χ1) is 7.36. The highest BCUT2D eigenvalue weighted by Crippen LogP contribution is 2.14. The van der Waals surface area contributed by atoms with E-state index in [0.29, 0.717) is 0 Å². The SMILES string of the molecule is Cc1ccnc2c3ccccc3cc[n+]12. The van der Waals surface area contributed by atoms with Crippen LogP contribution in [0, 0.1) is 6.92 Å². The Morgan fingerprint density at radius 3 is 2.87 bits per heavy atom. The first-order valence-electron chi connectivity index (χ1n) is 5.01. The molecule has 0 unspecified atom stereocenters. The van der Waals surface area contributed by atoms with E-state index in [1.54, 1.807) is 0 Å². The van der Waals surface area contributed by atoms with Gasteiger partial charge in [0.2, 0.25) is 0 Å². The standard InChI is InChI=1S/C13H11N2/c1-10-6-8-14-13-12-5-3-2-4-11(12)7-9-15(10)13/h2-9H,1H3/q+1. The Morgan fingerprint density at radius 1 is 1.07 bits per heavy atom. The van der Waals surface area contributed by atoms with Crippen molar-refractivity contribution < 1.29 is 4.40 Å². The summed E-state index contributed by atoms with van der Waals surface area (Å²) in [7, 11) is 0. The van der Waals surface area contributed by atoms with Crippen LogP contribution in [0.15, 0.2) is 48.8 Å². The van der Waals surface area contributed by atoms with Crippen LogP contribution in [0.3, 0.4) is 0 Å². The second-order valence-electron chi connectivity index (χ2n) is 3.68. The lowest BCUT2D eigenvalue weighted by molar-refractivity contribution is -0.521. The Hall–Kier alpha value is -1.96. The van der Waals surface area contributed by atoms with Gasteiger partial charge >= 0.3 is 5.65 Å². The van der Waals surface area contributed by atoms with Crippen LogP contribution in [0.2, 0.25) is 0 Å². The Bertz CT molecular complexity index is 644. The Morgan fingerprint density at radius 2 is 1.93 bits per heavy atom. The van der Waals surface area contributed by atoms with Crippen molar-refractivity contribution in [2.24, 2.45) is 0 Å². The van der Waals surface area contributed by atoms with Gasteiger partial charge in [0, 0.05) is 6.07 Å². The van der Waals surface area contributed by atoms with Crippen LogP contribution in [0.1, 0.15) is 5.69 Å². The number of fused-ring (bicyclic) bond motifs is 3. The second kappa shape index (κ2) is 3.02. The molecule has 0 saturated carbocycles. The van der Waals surface area contributed by atoms with Gasteiger partial charge in [-0.05, 0) is 29.4 Å². The van der Waals surface area contributed by atoms with E-state index in [0.717, 1.165) is 5.65 Å². The molecule has 3 aromatic rings. The number of aryl methyl sites for hydroxylation is 1. The third kappa shape index (κ3) is 1.18. The number of hydrogen-bond donors (Lipinski definition) is 0. The van der Waals surface area contributed by atoms with E-state index in [1.807, 2.05) is 18.3 Å². The first kappa shape index (κ1) is 8.36.